The van der Waals surface area contributed by atoms with Crippen molar-refractivity contribution in [3.05, 3.63) is 28.5 Å². The number of nitrogens with two attached hydrogens (primary N) is 1. The molecule has 1 aromatic heterocycles. The number of hydrogen-bond donors (Lipinski definition) is 1. The maximum absolute atomic E-state index is 12.5. The quantitative estimate of drug-likeness (QED) is 0.856. The molecule has 2 rings (SSSR count). The van der Waals surface area contributed by atoms with E-state index < -0.39 is 5.91 Å². The molecule has 0 saturated heterocycles. The average Bonchev–Trinajstić information content (AvgIpc) is 2.89. The first-order valence-corrected chi connectivity index (χ1v) is 7.08. The molecule has 1 aromatic rings. The molecule has 0 radical (unpaired) electrons. The molecular formula is C13H16BrN3O2. The van der Waals surface area contributed by atoms with E-state index in [1.54, 1.807) is 23.2 Å². The first kappa shape index (κ1) is 14.0. The number of pyridine rings is 1. The van der Waals surface area contributed by atoms with Gasteiger partial charge >= 0.3 is 0 Å². The number of rotatable bonds is 4. The number of aromatic nitrogens is 1. The SMILES string of the molecule is NC(=O)CN(C(=O)c1cccnc1Br)C1CCCC1. The zero-order valence-electron chi connectivity index (χ0n) is 10.5. The van der Waals surface area contributed by atoms with Crippen LogP contribution in [0.25, 0.3) is 0 Å². The standard InChI is InChI=1S/C13H16BrN3O2/c14-12-10(6-3-7-16-12)13(19)17(8-11(15)18)9-4-1-2-5-9/h3,6-7,9H,1-2,4-5,8H2,(H2,15,18). The molecule has 2 amide bonds. The number of halogens is 1. The minimum Gasteiger partial charge on any atom is -0.368 e. The van der Waals surface area contributed by atoms with Crippen LogP contribution in [0.15, 0.2) is 22.9 Å². The summed E-state index contributed by atoms with van der Waals surface area (Å²) in [5.41, 5.74) is 5.72. The zero-order chi connectivity index (χ0) is 13.8. The van der Waals surface area contributed by atoms with Crippen LogP contribution >= 0.6 is 15.9 Å². The minimum absolute atomic E-state index is 0.0369. The minimum atomic E-state index is -0.486. The predicted molar refractivity (Wildman–Crippen MR) is 74.4 cm³/mol. The van der Waals surface area contributed by atoms with E-state index in [9.17, 15) is 9.59 Å². The van der Waals surface area contributed by atoms with Crippen LogP contribution in [0.3, 0.4) is 0 Å². The van der Waals surface area contributed by atoms with Crippen molar-refractivity contribution in [2.45, 2.75) is 31.7 Å². The predicted octanol–water partition coefficient (Wildman–Crippen LogP) is 1.71. The van der Waals surface area contributed by atoms with Gasteiger partial charge in [-0.2, -0.15) is 0 Å². The lowest BCUT2D eigenvalue weighted by Gasteiger charge is -2.28. The Bertz CT molecular complexity index is 487. The van der Waals surface area contributed by atoms with Crippen molar-refractivity contribution in [2.75, 3.05) is 6.54 Å². The molecule has 0 aliphatic heterocycles. The lowest BCUT2D eigenvalue weighted by atomic mass is 10.1. The van der Waals surface area contributed by atoms with Crippen molar-refractivity contribution in [3.8, 4) is 0 Å². The third-order valence-electron chi connectivity index (χ3n) is 3.34. The van der Waals surface area contributed by atoms with E-state index >= 15 is 0 Å². The van der Waals surface area contributed by atoms with Crippen LogP contribution in [-0.4, -0.2) is 34.3 Å². The van der Waals surface area contributed by atoms with E-state index in [4.69, 9.17) is 5.73 Å². The van der Waals surface area contributed by atoms with Crippen molar-refractivity contribution in [1.82, 2.24) is 9.88 Å². The summed E-state index contributed by atoms with van der Waals surface area (Å²) in [5, 5.41) is 0. The molecule has 1 aliphatic carbocycles. The molecular weight excluding hydrogens is 310 g/mol. The van der Waals surface area contributed by atoms with E-state index in [-0.39, 0.29) is 18.5 Å². The van der Waals surface area contributed by atoms with Crippen LogP contribution in [0.5, 0.6) is 0 Å². The second-order valence-corrected chi connectivity index (χ2v) is 5.43. The molecule has 2 N–H and O–H groups in total. The van der Waals surface area contributed by atoms with Crippen molar-refractivity contribution in [3.63, 3.8) is 0 Å². The Kier molecular flexibility index (Phi) is 4.52. The van der Waals surface area contributed by atoms with E-state index in [0.29, 0.717) is 10.2 Å². The maximum atomic E-state index is 12.5. The first-order valence-electron chi connectivity index (χ1n) is 6.29. The van der Waals surface area contributed by atoms with E-state index in [1.807, 2.05) is 0 Å². The summed E-state index contributed by atoms with van der Waals surface area (Å²) < 4.78 is 0.493. The summed E-state index contributed by atoms with van der Waals surface area (Å²) in [7, 11) is 0. The lowest BCUT2D eigenvalue weighted by molar-refractivity contribution is -0.119. The van der Waals surface area contributed by atoms with Gasteiger partial charge in [0.1, 0.15) is 4.60 Å². The van der Waals surface area contributed by atoms with Gasteiger partial charge in [-0.25, -0.2) is 4.98 Å². The van der Waals surface area contributed by atoms with E-state index in [0.717, 1.165) is 25.7 Å². The Morgan fingerprint density at radius 1 is 1.42 bits per heavy atom. The van der Waals surface area contributed by atoms with Crippen LogP contribution in [-0.2, 0) is 4.79 Å². The highest BCUT2D eigenvalue weighted by Crippen LogP contribution is 2.26. The second-order valence-electron chi connectivity index (χ2n) is 4.68. The number of hydrogen-bond acceptors (Lipinski definition) is 3. The monoisotopic (exact) mass is 325 g/mol. The third kappa shape index (κ3) is 3.32. The molecule has 6 heteroatoms. The summed E-state index contributed by atoms with van der Waals surface area (Å²) in [6, 6.07) is 3.50. The van der Waals surface area contributed by atoms with Gasteiger partial charge in [0.2, 0.25) is 5.91 Å². The van der Waals surface area contributed by atoms with Crippen molar-refractivity contribution >= 4 is 27.7 Å². The van der Waals surface area contributed by atoms with Crippen LogP contribution in [0, 0.1) is 0 Å². The maximum Gasteiger partial charge on any atom is 0.257 e. The van der Waals surface area contributed by atoms with E-state index in [1.165, 1.54) is 0 Å². The molecule has 1 heterocycles. The zero-order valence-corrected chi connectivity index (χ0v) is 12.1. The molecule has 19 heavy (non-hydrogen) atoms. The fraction of sp³-hybridized carbons (Fsp3) is 0.462. The number of nitrogens with zero attached hydrogens (tertiary/aromatic N) is 2. The van der Waals surface area contributed by atoms with Crippen LogP contribution in [0.1, 0.15) is 36.0 Å². The number of carbonyl (C=O) groups is 2. The molecule has 102 valence electrons. The van der Waals surface area contributed by atoms with Gasteiger partial charge in [-0.3, -0.25) is 9.59 Å². The normalized spacial score (nSPS) is 15.4. The fourth-order valence-corrected chi connectivity index (χ4v) is 2.87. The highest BCUT2D eigenvalue weighted by Gasteiger charge is 2.29. The van der Waals surface area contributed by atoms with Gasteiger partial charge in [0.15, 0.2) is 0 Å². The third-order valence-corrected chi connectivity index (χ3v) is 3.97. The molecule has 0 aromatic carbocycles. The van der Waals surface area contributed by atoms with Gasteiger partial charge in [-0.15, -0.1) is 0 Å². The molecule has 0 atom stereocenters. The summed E-state index contributed by atoms with van der Waals surface area (Å²) >= 11 is 3.27. The number of primary amides is 1. The average molecular weight is 326 g/mol. The number of carbonyl (C=O) groups excluding carboxylic acids is 2. The smallest absolute Gasteiger partial charge is 0.257 e. The van der Waals surface area contributed by atoms with Gasteiger partial charge < -0.3 is 10.6 Å². The fourth-order valence-electron chi connectivity index (χ4n) is 2.45. The van der Waals surface area contributed by atoms with Crippen LogP contribution in [0.2, 0.25) is 0 Å². The molecule has 0 bridgehead atoms. The molecule has 1 aliphatic rings. The highest BCUT2D eigenvalue weighted by atomic mass is 79.9. The van der Waals surface area contributed by atoms with Crippen molar-refractivity contribution in [1.29, 1.82) is 0 Å². The second kappa shape index (κ2) is 6.14. The van der Waals surface area contributed by atoms with Crippen molar-refractivity contribution < 1.29 is 9.59 Å². The topological polar surface area (TPSA) is 76.3 Å². The van der Waals surface area contributed by atoms with E-state index in [2.05, 4.69) is 20.9 Å². The van der Waals surface area contributed by atoms with Gasteiger partial charge in [-0.05, 0) is 40.9 Å². The summed E-state index contributed by atoms with van der Waals surface area (Å²) in [6.07, 6.45) is 5.63. The molecule has 1 saturated carbocycles. The Hall–Kier alpha value is -1.43. The Balaban J connectivity index is 2.24. The van der Waals surface area contributed by atoms with Crippen molar-refractivity contribution in [2.24, 2.45) is 5.73 Å². The van der Waals surface area contributed by atoms with Crippen LogP contribution < -0.4 is 5.73 Å². The first-order chi connectivity index (χ1) is 9.09. The van der Waals surface area contributed by atoms with Gasteiger partial charge in [-0.1, -0.05) is 12.8 Å². The van der Waals surface area contributed by atoms with Crippen LogP contribution in [0.4, 0.5) is 0 Å². The number of amides is 2. The summed E-state index contributed by atoms with van der Waals surface area (Å²) in [6.45, 7) is -0.0369. The molecule has 0 spiro atoms. The van der Waals surface area contributed by atoms with Gasteiger partial charge in [0.25, 0.3) is 5.91 Å². The highest BCUT2D eigenvalue weighted by molar-refractivity contribution is 9.10. The largest absolute Gasteiger partial charge is 0.368 e. The lowest BCUT2D eigenvalue weighted by Crippen LogP contribution is -2.44. The van der Waals surface area contributed by atoms with Gasteiger partial charge in [0, 0.05) is 12.2 Å². The summed E-state index contributed by atoms with van der Waals surface area (Å²) in [4.78, 5) is 29.3. The summed E-state index contributed by atoms with van der Waals surface area (Å²) in [5.74, 6) is -0.675. The molecule has 5 nitrogen and oxygen atoms in total. The molecule has 0 unspecified atom stereocenters. The Morgan fingerprint density at radius 2 is 2.11 bits per heavy atom. The molecule has 1 fully saturated rings. The van der Waals surface area contributed by atoms with Gasteiger partial charge in [0.05, 0.1) is 12.1 Å². The Morgan fingerprint density at radius 3 is 2.68 bits per heavy atom. The Labute approximate surface area is 120 Å².